The van der Waals surface area contributed by atoms with E-state index in [0.29, 0.717) is 23.2 Å². The molecule has 0 radical (unpaired) electrons. The second-order valence-electron chi connectivity index (χ2n) is 4.61. The van der Waals surface area contributed by atoms with Crippen molar-refractivity contribution >= 4 is 17.3 Å². The number of ether oxygens (including phenoxy) is 1. The highest BCUT2D eigenvalue weighted by Crippen LogP contribution is 2.20. The maximum atomic E-state index is 5.85. The first-order valence-corrected chi connectivity index (χ1v) is 6.02. The molecule has 2 nitrogen and oxygen atoms in total. The zero-order valence-corrected chi connectivity index (χ0v) is 10.9. The average Bonchev–Trinajstić information content (AvgIpc) is 2.19. The fourth-order valence-corrected chi connectivity index (χ4v) is 1.77. The normalized spacial score (nSPS) is 13.1. The third-order valence-corrected chi connectivity index (χ3v) is 2.74. The lowest BCUT2D eigenvalue weighted by Gasteiger charge is -2.15. The predicted molar refractivity (Wildman–Crippen MR) is 69.6 cm³/mol. The molecule has 0 spiro atoms. The van der Waals surface area contributed by atoms with Crippen molar-refractivity contribution in [2.24, 2.45) is 5.92 Å². The molecule has 0 heterocycles. The molecule has 0 bridgehead atoms. The molecule has 90 valence electrons. The molecule has 16 heavy (non-hydrogen) atoms. The van der Waals surface area contributed by atoms with Gasteiger partial charge in [-0.25, -0.2) is 0 Å². The van der Waals surface area contributed by atoms with Gasteiger partial charge in [0, 0.05) is 0 Å². The first-order chi connectivity index (χ1) is 7.49. The van der Waals surface area contributed by atoms with Crippen molar-refractivity contribution in [1.29, 1.82) is 0 Å². The molecule has 1 rings (SSSR count). The number of nitrogens with two attached hydrogens (primary N) is 1. The minimum Gasteiger partial charge on any atom is -0.398 e. The highest BCUT2D eigenvalue weighted by Gasteiger charge is 2.06. The highest BCUT2D eigenvalue weighted by molar-refractivity contribution is 6.33. The number of hydrogen-bond donors (Lipinski definition) is 1. The summed E-state index contributed by atoms with van der Waals surface area (Å²) < 4.78 is 5.74. The number of nitrogen functional groups attached to an aromatic ring is 1. The van der Waals surface area contributed by atoms with Gasteiger partial charge in [-0.05, 0) is 37.0 Å². The van der Waals surface area contributed by atoms with Crippen LogP contribution in [0.5, 0.6) is 0 Å². The lowest BCUT2D eigenvalue weighted by molar-refractivity contribution is 0.0397. The molecule has 1 aromatic rings. The summed E-state index contributed by atoms with van der Waals surface area (Å²) in [6.07, 6.45) is 1.35. The first-order valence-electron chi connectivity index (χ1n) is 5.64. The van der Waals surface area contributed by atoms with Crippen molar-refractivity contribution in [3.63, 3.8) is 0 Å². The number of rotatable bonds is 5. The van der Waals surface area contributed by atoms with E-state index in [1.165, 1.54) is 0 Å². The second kappa shape index (κ2) is 6.12. The number of benzene rings is 1. The minimum atomic E-state index is 0.275. The van der Waals surface area contributed by atoms with Gasteiger partial charge in [0.05, 0.1) is 23.4 Å². The van der Waals surface area contributed by atoms with E-state index in [1.807, 2.05) is 18.2 Å². The van der Waals surface area contributed by atoms with Gasteiger partial charge in [-0.1, -0.05) is 31.5 Å². The Balaban J connectivity index is 2.45. The smallest absolute Gasteiger partial charge is 0.0721 e. The number of hydrogen-bond acceptors (Lipinski definition) is 2. The van der Waals surface area contributed by atoms with Crippen LogP contribution in [0.25, 0.3) is 0 Å². The van der Waals surface area contributed by atoms with Crippen LogP contribution in [0.2, 0.25) is 5.02 Å². The fraction of sp³-hybridized carbons (Fsp3) is 0.538. The summed E-state index contributed by atoms with van der Waals surface area (Å²) in [5.74, 6) is 0.658. The van der Waals surface area contributed by atoms with Gasteiger partial charge in [0.1, 0.15) is 0 Å². The van der Waals surface area contributed by atoms with Gasteiger partial charge in [-0.2, -0.15) is 0 Å². The Labute approximate surface area is 103 Å². The largest absolute Gasteiger partial charge is 0.398 e. The van der Waals surface area contributed by atoms with Crippen LogP contribution in [0.3, 0.4) is 0 Å². The Bertz CT molecular complexity index is 339. The van der Waals surface area contributed by atoms with Crippen molar-refractivity contribution in [3.8, 4) is 0 Å². The number of halogens is 1. The van der Waals surface area contributed by atoms with Crippen LogP contribution in [0.15, 0.2) is 18.2 Å². The molecule has 1 aromatic carbocycles. The third kappa shape index (κ3) is 4.42. The molecule has 2 N–H and O–H groups in total. The van der Waals surface area contributed by atoms with Gasteiger partial charge in [0.15, 0.2) is 0 Å². The molecule has 3 heteroatoms. The molecule has 1 unspecified atom stereocenters. The maximum Gasteiger partial charge on any atom is 0.0721 e. The van der Waals surface area contributed by atoms with E-state index < -0.39 is 0 Å². The Kier molecular flexibility index (Phi) is 5.10. The lowest BCUT2D eigenvalue weighted by Crippen LogP contribution is -2.11. The van der Waals surface area contributed by atoms with Crippen LogP contribution in [0, 0.1) is 5.92 Å². The summed E-state index contributed by atoms with van der Waals surface area (Å²) in [5, 5.41) is 0.596. The summed E-state index contributed by atoms with van der Waals surface area (Å²) in [7, 11) is 0. The minimum absolute atomic E-state index is 0.275. The van der Waals surface area contributed by atoms with E-state index in [4.69, 9.17) is 22.1 Å². The lowest BCUT2D eigenvalue weighted by atomic mass is 10.1. The van der Waals surface area contributed by atoms with E-state index in [-0.39, 0.29) is 6.10 Å². The van der Waals surface area contributed by atoms with Crippen LogP contribution in [0.1, 0.15) is 32.8 Å². The van der Waals surface area contributed by atoms with Gasteiger partial charge in [0.25, 0.3) is 0 Å². The molecule has 0 saturated heterocycles. The van der Waals surface area contributed by atoms with Crippen LogP contribution in [0.4, 0.5) is 5.69 Å². The highest BCUT2D eigenvalue weighted by atomic mass is 35.5. The summed E-state index contributed by atoms with van der Waals surface area (Å²) in [4.78, 5) is 0. The fourth-order valence-electron chi connectivity index (χ4n) is 1.65. The monoisotopic (exact) mass is 241 g/mol. The first kappa shape index (κ1) is 13.3. The predicted octanol–water partition coefficient (Wildman–Crippen LogP) is 3.87. The van der Waals surface area contributed by atoms with E-state index in [9.17, 15) is 0 Å². The van der Waals surface area contributed by atoms with Crippen molar-refractivity contribution in [1.82, 2.24) is 0 Å². The van der Waals surface area contributed by atoms with Gasteiger partial charge in [-0.3, -0.25) is 0 Å². The standard InChI is InChI=1S/C13H20ClNO/c1-9(2)6-10(3)16-8-11-4-5-12(14)13(15)7-11/h4-5,7,9-10H,6,8,15H2,1-3H3. The molecule has 0 aliphatic heterocycles. The van der Waals surface area contributed by atoms with Gasteiger partial charge >= 0.3 is 0 Å². The molecule has 0 aliphatic rings. The third-order valence-electron chi connectivity index (χ3n) is 2.40. The zero-order chi connectivity index (χ0) is 12.1. The Hall–Kier alpha value is -0.730. The molecule has 0 saturated carbocycles. The summed E-state index contributed by atoms with van der Waals surface area (Å²) in [6, 6.07) is 5.62. The Morgan fingerprint density at radius 3 is 2.56 bits per heavy atom. The van der Waals surface area contributed by atoms with Crippen LogP contribution >= 0.6 is 11.6 Å². The Morgan fingerprint density at radius 2 is 2.00 bits per heavy atom. The average molecular weight is 242 g/mol. The SMILES string of the molecule is CC(C)CC(C)OCc1ccc(Cl)c(N)c1. The van der Waals surface area contributed by atoms with E-state index in [0.717, 1.165) is 12.0 Å². The quantitative estimate of drug-likeness (QED) is 0.795. The molecule has 1 atom stereocenters. The summed E-state index contributed by atoms with van der Waals surface area (Å²) >= 11 is 5.85. The van der Waals surface area contributed by atoms with E-state index >= 15 is 0 Å². The van der Waals surface area contributed by atoms with Crippen molar-refractivity contribution in [2.75, 3.05) is 5.73 Å². The van der Waals surface area contributed by atoms with Crippen molar-refractivity contribution in [3.05, 3.63) is 28.8 Å². The summed E-state index contributed by atoms with van der Waals surface area (Å²) in [6.45, 7) is 7.08. The second-order valence-corrected chi connectivity index (χ2v) is 5.01. The van der Waals surface area contributed by atoms with Crippen LogP contribution in [-0.2, 0) is 11.3 Å². The number of anilines is 1. The van der Waals surface area contributed by atoms with Gasteiger partial charge in [-0.15, -0.1) is 0 Å². The van der Waals surface area contributed by atoms with E-state index in [2.05, 4.69) is 20.8 Å². The van der Waals surface area contributed by atoms with E-state index in [1.54, 1.807) is 0 Å². The molecule has 0 fully saturated rings. The van der Waals surface area contributed by atoms with Crippen molar-refractivity contribution < 1.29 is 4.74 Å². The molecule has 0 amide bonds. The molecular formula is C13H20ClNO. The zero-order valence-electron chi connectivity index (χ0n) is 10.2. The van der Waals surface area contributed by atoms with Crippen LogP contribution in [-0.4, -0.2) is 6.10 Å². The molecule has 0 aliphatic carbocycles. The summed E-state index contributed by atoms with van der Waals surface area (Å²) in [5.41, 5.74) is 7.40. The topological polar surface area (TPSA) is 35.2 Å². The Morgan fingerprint density at radius 1 is 1.31 bits per heavy atom. The van der Waals surface area contributed by atoms with Gasteiger partial charge < -0.3 is 10.5 Å². The maximum absolute atomic E-state index is 5.85. The van der Waals surface area contributed by atoms with Gasteiger partial charge in [0.2, 0.25) is 0 Å². The van der Waals surface area contributed by atoms with Crippen molar-refractivity contribution in [2.45, 2.75) is 39.9 Å². The molecule has 0 aromatic heterocycles. The van der Waals surface area contributed by atoms with Crippen LogP contribution < -0.4 is 5.73 Å². The molecular weight excluding hydrogens is 222 g/mol.